The smallest absolute Gasteiger partial charge is 0.305 e. The first-order valence-corrected chi connectivity index (χ1v) is 25.8. The molecule has 0 saturated heterocycles. The summed E-state index contributed by atoms with van der Waals surface area (Å²) in [6.45, 7) is 19.1. The summed E-state index contributed by atoms with van der Waals surface area (Å²) in [5.74, 6) is 2.18. The lowest BCUT2D eigenvalue weighted by Gasteiger charge is -2.21. The zero-order valence-electron chi connectivity index (χ0n) is 40.5. The first-order valence-electron chi connectivity index (χ1n) is 25.8. The van der Waals surface area contributed by atoms with Gasteiger partial charge in [-0.05, 0) is 96.6 Å². The molecule has 0 saturated carbocycles. The normalized spacial score (nSPS) is 13.0. The highest BCUT2D eigenvalue weighted by Gasteiger charge is 2.14. The van der Waals surface area contributed by atoms with E-state index < -0.39 is 0 Å². The van der Waals surface area contributed by atoms with Gasteiger partial charge in [0.15, 0.2) is 0 Å². The Bertz CT molecular complexity index is 868. The summed E-state index contributed by atoms with van der Waals surface area (Å²) in [6.07, 6.45) is 38.7. The second-order valence-corrected chi connectivity index (χ2v) is 18.9. The van der Waals surface area contributed by atoms with Crippen LogP contribution >= 0.6 is 0 Å². The van der Waals surface area contributed by atoms with Crippen molar-refractivity contribution in [2.45, 2.75) is 272 Å². The van der Waals surface area contributed by atoms with Crippen molar-refractivity contribution in [2.75, 3.05) is 33.4 Å². The predicted octanol–water partition coefficient (Wildman–Crippen LogP) is 15.6. The van der Waals surface area contributed by atoms with E-state index in [4.69, 9.17) is 14.2 Å². The molecule has 0 aliphatic rings. The largest absolute Gasteiger partial charge is 0.466 e. The van der Waals surface area contributed by atoms with Gasteiger partial charge in [-0.2, -0.15) is 0 Å². The molecule has 0 rings (SSSR count). The average molecular weight is 822 g/mol. The fourth-order valence-corrected chi connectivity index (χ4v) is 8.18. The number of carbonyl (C=O) groups excluding carboxylic acids is 2. The third-order valence-electron chi connectivity index (χ3n) is 12.6. The van der Waals surface area contributed by atoms with Crippen LogP contribution in [0.3, 0.4) is 0 Å². The SMILES string of the molecule is CCCCCC(CCCCC)CCOC(=O)CCCCCCCC(CCCCCCCC(=O)OCCC(CCCCC)CCCC(C)C)OCCCCN(C)C(C)C. The molecule has 0 N–H and O–H groups in total. The molecule has 0 aliphatic heterocycles. The Morgan fingerprint density at radius 1 is 0.431 bits per heavy atom. The number of hydrogen-bond acceptors (Lipinski definition) is 6. The monoisotopic (exact) mass is 822 g/mol. The van der Waals surface area contributed by atoms with Gasteiger partial charge in [-0.1, -0.05) is 182 Å². The zero-order valence-corrected chi connectivity index (χ0v) is 40.5. The topological polar surface area (TPSA) is 65.1 Å². The molecule has 0 heterocycles. The van der Waals surface area contributed by atoms with Crippen molar-refractivity contribution < 1.29 is 23.8 Å². The molecule has 2 atom stereocenters. The van der Waals surface area contributed by atoms with E-state index in [1.165, 1.54) is 141 Å². The van der Waals surface area contributed by atoms with Gasteiger partial charge >= 0.3 is 11.9 Å². The molecule has 0 aromatic rings. The molecule has 0 spiro atoms. The maximum Gasteiger partial charge on any atom is 0.305 e. The average Bonchev–Trinajstić information content (AvgIpc) is 3.19. The highest BCUT2D eigenvalue weighted by molar-refractivity contribution is 5.69. The zero-order chi connectivity index (χ0) is 42.9. The second kappa shape index (κ2) is 42.5. The maximum absolute atomic E-state index is 12.5. The Morgan fingerprint density at radius 3 is 1.28 bits per heavy atom. The summed E-state index contributed by atoms with van der Waals surface area (Å²) >= 11 is 0. The molecule has 0 aliphatic carbocycles. The molecular formula is C52H103NO5. The van der Waals surface area contributed by atoms with Gasteiger partial charge in [-0.3, -0.25) is 9.59 Å². The summed E-state index contributed by atoms with van der Waals surface area (Å²) in [5, 5.41) is 0. The van der Waals surface area contributed by atoms with Crippen molar-refractivity contribution in [2.24, 2.45) is 17.8 Å². The Labute approximate surface area is 363 Å². The van der Waals surface area contributed by atoms with Gasteiger partial charge in [-0.15, -0.1) is 0 Å². The molecule has 58 heavy (non-hydrogen) atoms. The van der Waals surface area contributed by atoms with Crippen LogP contribution in [0.2, 0.25) is 0 Å². The first kappa shape index (κ1) is 56.9. The quantitative estimate of drug-likeness (QED) is 0.0450. The van der Waals surface area contributed by atoms with Crippen molar-refractivity contribution in [1.82, 2.24) is 4.90 Å². The second-order valence-electron chi connectivity index (χ2n) is 18.9. The van der Waals surface area contributed by atoms with Crippen LogP contribution in [0, 0.1) is 17.8 Å². The van der Waals surface area contributed by atoms with Gasteiger partial charge in [0.05, 0.1) is 19.3 Å². The molecule has 6 nitrogen and oxygen atoms in total. The molecule has 0 aromatic heterocycles. The van der Waals surface area contributed by atoms with Gasteiger partial charge < -0.3 is 19.1 Å². The summed E-state index contributed by atoms with van der Waals surface area (Å²) < 4.78 is 17.8. The Balaban J connectivity index is 4.37. The molecule has 2 unspecified atom stereocenters. The Morgan fingerprint density at radius 2 is 0.845 bits per heavy atom. The van der Waals surface area contributed by atoms with Crippen LogP contribution in [0.5, 0.6) is 0 Å². The molecule has 0 fully saturated rings. The van der Waals surface area contributed by atoms with Gasteiger partial charge in [-0.25, -0.2) is 0 Å². The van der Waals surface area contributed by atoms with Crippen LogP contribution in [0.25, 0.3) is 0 Å². The minimum atomic E-state index is -0.00263. The summed E-state index contributed by atoms with van der Waals surface area (Å²) in [5.41, 5.74) is 0. The van der Waals surface area contributed by atoms with Crippen LogP contribution in [0.1, 0.15) is 260 Å². The number of nitrogens with zero attached hydrogens (tertiary/aromatic N) is 1. The van der Waals surface area contributed by atoms with Crippen molar-refractivity contribution in [3.63, 3.8) is 0 Å². The standard InChI is InChI=1S/C52H103NO5/c1-9-12-21-32-48(33-22-13-10-2)40-44-57-51(54)38-26-19-15-17-24-36-50(56-43-29-28-42-53(8)47(6)7)37-25-18-16-20-27-39-52(55)58-45-41-49(34-23-14-11-3)35-30-31-46(4)5/h46-50H,9-45H2,1-8H3. The fraction of sp³-hybridized carbons (Fsp3) is 0.962. The molecule has 0 bridgehead atoms. The van der Waals surface area contributed by atoms with E-state index in [1.807, 2.05) is 0 Å². The van der Waals surface area contributed by atoms with E-state index in [9.17, 15) is 9.59 Å². The third-order valence-corrected chi connectivity index (χ3v) is 12.6. The highest BCUT2D eigenvalue weighted by Crippen LogP contribution is 2.24. The summed E-state index contributed by atoms with van der Waals surface area (Å²) in [4.78, 5) is 27.3. The van der Waals surface area contributed by atoms with E-state index in [0.29, 0.717) is 50.0 Å². The van der Waals surface area contributed by atoms with Gasteiger partial charge in [0, 0.05) is 25.5 Å². The fourth-order valence-electron chi connectivity index (χ4n) is 8.18. The molecule has 0 radical (unpaired) electrons. The van der Waals surface area contributed by atoms with Crippen molar-refractivity contribution >= 4 is 11.9 Å². The van der Waals surface area contributed by atoms with E-state index in [2.05, 4.69) is 60.4 Å². The van der Waals surface area contributed by atoms with Crippen LogP contribution < -0.4 is 0 Å². The van der Waals surface area contributed by atoms with E-state index >= 15 is 0 Å². The van der Waals surface area contributed by atoms with E-state index in [1.54, 1.807) is 0 Å². The number of hydrogen-bond donors (Lipinski definition) is 0. The predicted molar refractivity (Wildman–Crippen MR) is 251 cm³/mol. The van der Waals surface area contributed by atoms with Gasteiger partial charge in [0.2, 0.25) is 0 Å². The van der Waals surface area contributed by atoms with Crippen LogP contribution in [0.4, 0.5) is 0 Å². The van der Waals surface area contributed by atoms with Gasteiger partial charge in [0.25, 0.3) is 0 Å². The highest BCUT2D eigenvalue weighted by atomic mass is 16.5. The number of unbranched alkanes of at least 4 members (excludes halogenated alkanes) is 15. The Kier molecular flexibility index (Phi) is 41.7. The van der Waals surface area contributed by atoms with Gasteiger partial charge in [0.1, 0.15) is 0 Å². The van der Waals surface area contributed by atoms with Crippen molar-refractivity contribution in [3.8, 4) is 0 Å². The Hall–Kier alpha value is -1.14. The summed E-state index contributed by atoms with van der Waals surface area (Å²) in [6, 6.07) is 0.588. The minimum absolute atomic E-state index is 0.00158. The molecule has 0 amide bonds. The third kappa shape index (κ3) is 39.0. The van der Waals surface area contributed by atoms with Crippen molar-refractivity contribution in [3.05, 3.63) is 0 Å². The maximum atomic E-state index is 12.5. The summed E-state index contributed by atoms with van der Waals surface area (Å²) in [7, 11) is 2.21. The molecule has 6 heteroatoms. The van der Waals surface area contributed by atoms with Crippen molar-refractivity contribution in [1.29, 1.82) is 0 Å². The number of ether oxygens (including phenoxy) is 3. The van der Waals surface area contributed by atoms with E-state index in [0.717, 1.165) is 76.9 Å². The lowest BCUT2D eigenvalue weighted by atomic mass is 9.91. The molecule has 0 aromatic carbocycles. The van der Waals surface area contributed by atoms with Crippen LogP contribution in [-0.2, 0) is 23.8 Å². The first-order chi connectivity index (χ1) is 28.1. The van der Waals surface area contributed by atoms with E-state index in [-0.39, 0.29) is 11.9 Å². The van der Waals surface area contributed by atoms with Crippen LogP contribution in [-0.4, -0.2) is 62.4 Å². The van der Waals surface area contributed by atoms with Crippen LogP contribution in [0.15, 0.2) is 0 Å². The number of carbonyl (C=O) groups is 2. The lowest BCUT2D eigenvalue weighted by molar-refractivity contribution is -0.145. The minimum Gasteiger partial charge on any atom is -0.466 e. The molecular weight excluding hydrogens is 719 g/mol. The lowest BCUT2D eigenvalue weighted by Crippen LogP contribution is -2.27. The number of esters is 2. The molecule has 346 valence electrons. The number of rotatable bonds is 45.